The number of hydrogen-bond donors (Lipinski definition) is 1. The summed E-state index contributed by atoms with van der Waals surface area (Å²) in [5.74, 6) is 0. The molecule has 0 bridgehead atoms. The molecule has 0 amide bonds. The van der Waals surface area contributed by atoms with Gasteiger partial charge in [0.05, 0.1) is 12.6 Å². The van der Waals surface area contributed by atoms with Crippen molar-refractivity contribution in [2.45, 2.75) is 12.1 Å². The maximum absolute atomic E-state index is 10.1. The molecule has 9 heavy (non-hydrogen) atoms. The van der Waals surface area contributed by atoms with E-state index in [4.69, 9.17) is 10.5 Å². The van der Waals surface area contributed by atoms with Gasteiger partial charge in [-0.25, -0.2) is 0 Å². The number of nitrogens with zero attached hydrogens (tertiary/aromatic N) is 1. The van der Waals surface area contributed by atoms with Gasteiger partial charge in [0.15, 0.2) is 0 Å². The molecule has 2 atom stereocenters. The molecule has 1 aliphatic rings. The predicted molar refractivity (Wildman–Crippen MR) is 29.6 cm³/mol. The summed E-state index contributed by atoms with van der Waals surface area (Å²) in [5, 5.41) is 10.1. The first-order valence-electron chi connectivity index (χ1n) is 2.68. The van der Waals surface area contributed by atoms with Crippen molar-refractivity contribution >= 4 is 0 Å². The van der Waals surface area contributed by atoms with Gasteiger partial charge >= 0.3 is 0 Å². The molecule has 0 aliphatic carbocycles. The molecule has 0 aromatic rings. The van der Waals surface area contributed by atoms with Crippen LogP contribution in [-0.4, -0.2) is 30.2 Å². The standard InChI is InChI=1S/C4H8N2O3/c5-3-1-9-2-4(3)6(7)8/h3-4H,1-2,5H2. The van der Waals surface area contributed by atoms with Crippen LogP contribution in [0.2, 0.25) is 0 Å². The van der Waals surface area contributed by atoms with Crippen LogP contribution in [0.5, 0.6) is 0 Å². The van der Waals surface area contributed by atoms with Crippen molar-refractivity contribution in [2.24, 2.45) is 5.73 Å². The van der Waals surface area contributed by atoms with Crippen LogP contribution in [0.3, 0.4) is 0 Å². The second kappa shape index (κ2) is 2.28. The Morgan fingerprint density at radius 2 is 2.33 bits per heavy atom. The van der Waals surface area contributed by atoms with Gasteiger partial charge in [0.2, 0.25) is 0 Å². The average molecular weight is 132 g/mol. The van der Waals surface area contributed by atoms with Gasteiger partial charge in [-0.3, -0.25) is 10.1 Å². The van der Waals surface area contributed by atoms with Crippen molar-refractivity contribution in [2.75, 3.05) is 13.2 Å². The lowest BCUT2D eigenvalue weighted by molar-refractivity contribution is -0.521. The SMILES string of the molecule is NC1COCC1[N+](=O)[O-]. The van der Waals surface area contributed by atoms with E-state index in [-0.39, 0.29) is 6.61 Å². The molecule has 52 valence electrons. The Morgan fingerprint density at radius 1 is 1.67 bits per heavy atom. The molecule has 0 spiro atoms. The van der Waals surface area contributed by atoms with Crippen LogP contribution in [0, 0.1) is 10.1 Å². The lowest BCUT2D eigenvalue weighted by Gasteiger charge is -2.01. The topological polar surface area (TPSA) is 78.4 Å². The van der Waals surface area contributed by atoms with Crippen LogP contribution < -0.4 is 5.73 Å². The summed E-state index contributed by atoms with van der Waals surface area (Å²) >= 11 is 0. The molecule has 2 unspecified atom stereocenters. The van der Waals surface area contributed by atoms with Gasteiger partial charge < -0.3 is 10.5 Å². The molecular weight excluding hydrogens is 124 g/mol. The third-order valence-corrected chi connectivity index (χ3v) is 1.36. The normalized spacial score (nSPS) is 34.8. The lowest BCUT2D eigenvalue weighted by Crippen LogP contribution is -2.38. The highest BCUT2D eigenvalue weighted by atomic mass is 16.6. The minimum absolute atomic E-state index is 0.161. The first-order valence-corrected chi connectivity index (χ1v) is 2.68. The highest BCUT2D eigenvalue weighted by Crippen LogP contribution is 2.05. The second-order valence-electron chi connectivity index (χ2n) is 2.05. The van der Waals surface area contributed by atoms with Crippen LogP contribution in [0.4, 0.5) is 0 Å². The summed E-state index contributed by atoms with van der Waals surface area (Å²) < 4.78 is 4.76. The highest BCUT2D eigenvalue weighted by molar-refractivity contribution is 4.76. The van der Waals surface area contributed by atoms with Crippen molar-refractivity contribution in [3.05, 3.63) is 10.1 Å². The van der Waals surface area contributed by atoms with E-state index in [1.54, 1.807) is 0 Å². The largest absolute Gasteiger partial charge is 0.372 e. The Kier molecular flexibility index (Phi) is 1.63. The van der Waals surface area contributed by atoms with Gasteiger partial charge in [-0.2, -0.15) is 0 Å². The zero-order valence-electron chi connectivity index (χ0n) is 4.82. The third kappa shape index (κ3) is 1.17. The van der Waals surface area contributed by atoms with Crippen LogP contribution >= 0.6 is 0 Å². The maximum atomic E-state index is 10.1. The first-order chi connectivity index (χ1) is 4.22. The molecule has 1 fully saturated rings. The van der Waals surface area contributed by atoms with Gasteiger partial charge in [0.1, 0.15) is 6.61 Å². The third-order valence-electron chi connectivity index (χ3n) is 1.36. The molecule has 0 radical (unpaired) electrons. The Bertz CT molecular complexity index is 127. The minimum Gasteiger partial charge on any atom is -0.372 e. The van der Waals surface area contributed by atoms with Gasteiger partial charge in [0.25, 0.3) is 6.04 Å². The van der Waals surface area contributed by atoms with Crippen LogP contribution in [0.15, 0.2) is 0 Å². The van der Waals surface area contributed by atoms with E-state index in [1.165, 1.54) is 0 Å². The van der Waals surface area contributed by atoms with Gasteiger partial charge in [0, 0.05) is 4.92 Å². The first kappa shape index (κ1) is 6.44. The molecular formula is C4H8N2O3. The van der Waals surface area contributed by atoms with E-state index >= 15 is 0 Å². The van der Waals surface area contributed by atoms with E-state index in [1.807, 2.05) is 0 Å². The van der Waals surface area contributed by atoms with Crippen LogP contribution in [0.1, 0.15) is 0 Å². The molecule has 0 aromatic heterocycles. The van der Waals surface area contributed by atoms with Gasteiger partial charge in [-0.1, -0.05) is 0 Å². The minimum atomic E-state index is -0.690. The van der Waals surface area contributed by atoms with Crippen molar-refractivity contribution in [3.8, 4) is 0 Å². The van der Waals surface area contributed by atoms with E-state index < -0.39 is 17.0 Å². The average Bonchev–Trinajstić information content (AvgIpc) is 2.13. The number of nitro groups is 1. The van der Waals surface area contributed by atoms with Crippen LogP contribution in [-0.2, 0) is 4.74 Å². The Hall–Kier alpha value is -0.680. The summed E-state index contributed by atoms with van der Waals surface area (Å²) in [6.45, 7) is 0.472. The molecule has 1 aliphatic heterocycles. The quantitative estimate of drug-likeness (QED) is 0.366. The fourth-order valence-corrected chi connectivity index (χ4v) is 0.777. The molecule has 5 heteroatoms. The van der Waals surface area contributed by atoms with Crippen molar-refractivity contribution in [3.63, 3.8) is 0 Å². The molecule has 1 heterocycles. The zero-order chi connectivity index (χ0) is 6.85. The summed E-state index contributed by atoms with van der Waals surface area (Å²) in [7, 11) is 0. The summed E-state index contributed by atoms with van der Waals surface area (Å²) in [6.07, 6.45) is 0. The van der Waals surface area contributed by atoms with E-state index in [0.717, 1.165) is 0 Å². The van der Waals surface area contributed by atoms with E-state index in [0.29, 0.717) is 6.61 Å². The number of hydrogen-bond acceptors (Lipinski definition) is 4. The van der Waals surface area contributed by atoms with E-state index in [9.17, 15) is 10.1 Å². The van der Waals surface area contributed by atoms with E-state index in [2.05, 4.69) is 0 Å². The monoisotopic (exact) mass is 132 g/mol. The maximum Gasteiger partial charge on any atom is 0.253 e. The molecule has 2 N–H and O–H groups in total. The molecule has 5 nitrogen and oxygen atoms in total. The zero-order valence-corrected chi connectivity index (χ0v) is 4.82. The summed E-state index contributed by atoms with van der Waals surface area (Å²) in [6, 6.07) is -1.11. The van der Waals surface area contributed by atoms with Gasteiger partial charge in [-0.05, 0) is 0 Å². The lowest BCUT2D eigenvalue weighted by atomic mass is 10.2. The number of ether oxygens (including phenoxy) is 1. The fraction of sp³-hybridized carbons (Fsp3) is 1.00. The molecule has 1 saturated heterocycles. The second-order valence-corrected chi connectivity index (χ2v) is 2.05. The molecule has 0 aromatic carbocycles. The Labute approximate surface area is 51.9 Å². The van der Waals surface area contributed by atoms with Crippen molar-refractivity contribution in [1.82, 2.24) is 0 Å². The van der Waals surface area contributed by atoms with Crippen LogP contribution in [0.25, 0.3) is 0 Å². The fourth-order valence-electron chi connectivity index (χ4n) is 0.777. The molecule has 0 saturated carbocycles. The number of rotatable bonds is 1. The Morgan fingerprint density at radius 3 is 2.56 bits per heavy atom. The van der Waals surface area contributed by atoms with Gasteiger partial charge in [-0.15, -0.1) is 0 Å². The van der Waals surface area contributed by atoms with Crippen molar-refractivity contribution < 1.29 is 9.66 Å². The number of nitrogens with two attached hydrogens (primary N) is 1. The predicted octanol–water partition coefficient (Wildman–Crippen LogP) is -1.01. The molecule has 1 rings (SSSR count). The smallest absolute Gasteiger partial charge is 0.253 e. The van der Waals surface area contributed by atoms with Crippen molar-refractivity contribution in [1.29, 1.82) is 0 Å². The summed E-state index contributed by atoms with van der Waals surface area (Å²) in [4.78, 5) is 9.67. The summed E-state index contributed by atoms with van der Waals surface area (Å²) in [5.41, 5.74) is 5.31. The Balaban J connectivity index is 2.49. The highest BCUT2D eigenvalue weighted by Gasteiger charge is 2.34.